The van der Waals surface area contributed by atoms with Crippen LogP contribution < -0.4 is 0 Å². The van der Waals surface area contributed by atoms with Gasteiger partial charge in [-0.05, 0) is 30.2 Å². The van der Waals surface area contributed by atoms with Gasteiger partial charge in [0.25, 0.3) is 0 Å². The molecule has 0 saturated carbocycles. The van der Waals surface area contributed by atoms with Crippen molar-refractivity contribution < 1.29 is 4.74 Å². The first-order valence-corrected chi connectivity index (χ1v) is 6.03. The molecule has 1 aliphatic heterocycles. The van der Waals surface area contributed by atoms with Gasteiger partial charge < -0.3 is 4.74 Å². The van der Waals surface area contributed by atoms with Gasteiger partial charge in [0.05, 0.1) is 30.1 Å². The fourth-order valence-electron chi connectivity index (χ4n) is 1.45. The molecule has 1 fully saturated rings. The molecule has 0 unspecified atom stereocenters. The van der Waals surface area contributed by atoms with Crippen molar-refractivity contribution in [3.63, 3.8) is 0 Å². The van der Waals surface area contributed by atoms with E-state index >= 15 is 0 Å². The predicted octanol–water partition coefficient (Wildman–Crippen LogP) is 2.50. The molecule has 0 spiro atoms. The molecule has 1 aromatic carbocycles. The van der Waals surface area contributed by atoms with Crippen LogP contribution in [0.15, 0.2) is 18.2 Å². The van der Waals surface area contributed by atoms with Crippen LogP contribution in [0.25, 0.3) is 0 Å². The zero-order valence-corrected chi connectivity index (χ0v) is 9.51. The number of nitrogens with zero attached hydrogens (tertiary/aromatic N) is 1. The van der Waals surface area contributed by atoms with Gasteiger partial charge in [-0.15, -0.1) is 11.8 Å². The molecule has 0 radical (unpaired) electrons. The molecule has 0 aromatic heterocycles. The number of rotatable bonds is 3. The van der Waals surface area contributed by atoms with Crippen LogP contribution in [0.4, 0.5) is 0 Å². The monoisotopic (exact) mass is 219 g/mol. The lowest BCUT2D eigenvalue weighted by Gasteiger charge is -2.25. The fourth-order valence-corrected chi connectivity index (χ4v) is 2.57. The van der Waals surface area contributed by atoms with Crippen molar-refractivity contribution in [1.29, 1.82) is 5.26 Å². The molecule has 1 saturated heterocycles. The summed E-state index contributed by atoms with van der Waals surface area (Å²) in [6.45, 7) is 3.84. The first-order chi connectivity index (χ1) is 7.29. The maximum Gasteiger partial charge on any atom is 0.0991 e. The summed E-state index contributed by atoms with van der Waals surface area (Å²) in [4.78, 5) is 0. The van der Waals surface area contributed by atoms with Gasteiger partial charge >= 0.3 is 0 Å². The molecule has 0 amide bonds. The van der Waals surface area contributed by atoms with Gasteiger partial charge in [-0.1, -0.05) is 6.07 Å². The molecule has 1 aliphatic rings. The molecule has 15 heavy (non-hydrogen) atoms. The Labute approximate surface area is 94.2 Å². The average Bonchev–Trinajstić information content (AvgIpc) is 2.18. The van der Waals surface area contributed by atoms with Crippen molar-refractivity contribution >= 4 is 11.8 Å². The van der Waals surface area contributed by atoms with Gasteiger partial charge in [0.1, 0.15) is 0 Å². The Hall–Kier alpha value is -0.980. The first-order valence-electron chi connectivity index (χ1n) is 4.98. The summed E-state index contributed by atoms with van der Waals surface area (Å²) in [7, 11) is 0. The Morgan fingerprint density at radius 1 is 1.53 bits per heavy atom. The molecule has 1 heterocycles. The van der Waals surface area contributed by atoms with E-state index in [1.165, 1.54) is 11.1 Å². The van der Waals surface area contributed by atoms with Crippen LogP contribution in [0.1, 0.15) is 16.7 Å². The molecule has 0 aliphatic carbocycles. The second-order valence-electron chi connectivity index (χ2n) is 3.72. The molecular weight excluding hydrogens is 206 g/mol. The minimum Gasteiger partial charge on any atom is -0.379 e. The van der Waals surface area contributed by atoms with Gasteiger partial charge in [-0.2, -0.15) is 5.26 Å². The van der Waals surface area contributed by atoms with E-state index in [0.29, 0.717) is 5.25 Å². The average molecular weight is 219 g/mol. The Balaban J connectivity index is 1.98. The number of nitriles is 1. The Morgan fingerprint density at radius 2 is 2.33 bits per heavy atom. The highest BCUT2D eigenvalue weighted by Crippen LogP contribution is 2.25. The molecule has 2 nitrogen and oxygen atoms in total. The Kier molecular flexibility index (Phi) is 3.30. The lowest BCUT2D eigenvalue weighted by Crippen LogP contribution is -2.30. The maximum absolute atomic E-state index is 8.75. The summed E-state index contributed by atoms with van der Waals surface area (Å²) in [5.41, 5.74) is 3.28. The second-order valence-corrected chi connectivity index (χ2v) is 5.01. The Bertz CT molecular complexity index is 393. The van der Waals surface area contributed by atoms with Crippen molar-refractivity contribution in [1.82, 2.24) is 0 Å². The van der Waals surface area contributed by atoms with E-state index in [0.717, 1.165) is 24.5 Å². The molecule has 0 N–H and O–H groups in total. The van der Waals surface area contributed by atoms with Crippen molar-refractivity contribution in [3.8, 4) is 6.07 Å². The minimum absolute atomic E-state index is 0.667. The number of hydrogen-bond donors (Lipinski definition) is 0. The highest BCUT2D eigenvalue weighted by atomic mass is 32.2. The number of hydrogen-bond acceptors (Lipinski definition) is 3. The topological polar surface area (TPSA) is 33.0 Å². The van der Waals surface area contributed by atoms with E-state index in [2.05, 4.69) is 19.1 Å². The summed E-state index contributed by atoms with van der Waals surface area (Å²) in [6, 6.07) is 8.05. The molecule has 0 atom stereocenters. The smallest absolute Gasteiger partial charge is 0.0991 e. The Morgan fingerprint density at radius 3 is 2.87 bits per heavy atom. The summed E-state index contributed by atoms with van der Waals surface area (Å²) in [5, 5.41) is 9.41. The van der Waals surface area contributed by atoms with E-state index in [1.54, 1.807) is 0 Å². The number of aryl methyl sites for hydroxylation is 1. The van der Waals surface area contributed by atoms with Crippen LogP contribution in [-0.4, -0.2) is 18.5 Å². The number of ether oxygens (including phenoxy) is 1. The largest absolute Gasteiger partial charge is 0.379 e. The highest BCUT2D eigenvalue weighted by molar-refractivity contribution is 7.99. The molecule has 3 heteroatoms. The van der Waals surface area contributed by atoms with Crippen LogP contribution in [0, 0.1) is 18.3 Å². The predicted molar refractivity (Wildman–Crippen MR) is 61.8 cm³/mol. The van der Waals surface area contributed by atoms with Crippen LogP contribution in [0.2, 0.25) is 0 Å². The minimum atomic E-state index is 0.667. The van der Waals surface area contributed by atoms with Gasteiger partial charge in [0.15, 0.2) is 0 Å². The van der Waals surface area contributed by atoms with Crippen molar-refractivity contribution in [2.24, 2.45) is 0 Å². The van der Waals surface area contributed by atoms with Crippen LogP contribution >= 0.6 is 11.8 Å². The second kappa shape index (κ2) is 4.69. The number of benzene rings is 1. The zero-order chi connectivity index (χ0) is 10.7. The van der Waals surface area contributed by atoms with Gasteiger partial charge in [0, 0.05) is 5.75 Å². The van der Waals surface area contributed by atoms with Crippen LogP contribution in [0.3, 0.4) is 0 Å². The SMILES string of the molecule is Cc1cc(C#N)ccc1CSC1COC1. The van der Waals surface area contributed by atoms with Gasteiger partial charge in [0.2, 0.25) is 0 Å². The third-order valence-corrected chi connectivity index (χ3v) is 3.77. The third-order valence-electron chi connectivity index (χ3n) is 2.55. The van der Waals surface area contributed by atoms with E-state index in [9.17, 15) is 0 Å². The van der Waals surface area contributed by atoms with E-state index in [1.807, 2.05) is 23.9 Å². The highest BCUT2D eigenvalue weighted by Gasteiger charge is 2.18. The summed E-state index contributed by atoms with van der Waals surface area (Å²) in [6.07, 6.45) is 0. The van der Waals surface area contributed by atoms with Crippen LogP contribution in [-0.2, 0) is 10.5 Å². The van der Waals surface area contributed by atoms with E-state index in [-0.39, 0.29) is 0 Å². The molecule has 78 valence electrons. The lowest BCUT2D eigenvalue weighted by molar-refractivity contribution is 0.0455. The standard InChI is InChI=1S/C12H13NOS/c1-9-4-10(5-13)2-3-11(9)8-15-12-6-14-7-12/h2-4,12H,6-8H2,1H3. The van der Waals surface area contributed by atoms with Gasteiger partial charge in [-0.25, -0.2) is 0 Å². The number of thioether (sulfide) groups is 1. The normalized spacial score (nSPS) is 15.7. The zero-order valence-electron chi connectivity index (χ0n) is 8.69. The quantitative estimate of drug-likeness (QED) is 0.783. The lowest BCUT2D eigenvalue weighted by atomic mass is 10.1. The summed E-state index contributed by atoms with van der Waals surface area (Å²) in [5.74, 6) is 1.02. The maximum atomic E-state index is 8.75. The molecule has 0 bridgehead atoms. The van der Waals surface area contributed by atoms with Crippen molar-refractivity contribution in [2.45, 2.75) is 17.9 Å². The summed E-state index contributed by atoms with van der Waals surface area (Å²) >= 11 is 1.94. The molecular formula is C12H13NOS. The van der Waals surface area contributed by atoms with Gasteiger partial charge in [-0.3, -0.25) is 0 Å². The van der Waals surface area contributed by atoms with Crippen LogP contribution in [0.5, 0.6) is 0 Å². The van der Waals surface area contributed by atoms with E-state index < -0.39 is 0 Å². The van der Waals surface area contributed by atoms with Crippen molar-refractivity contribution in [3.05, 3.63) is 34.9 Å². The molecule has 1 aromatic rings. The third kappa shape index (κ3) is 2.53. The summed E-state index contributed by atoms with van der Waals surface area (Å²) < 4.78 is 5.13. The fraction of sp³-hybridized carbons (Fsp3) is 0.417. The van der Waals surface area contributed by atoms with E-state index in [4.69, 9.17) is 10.00 Å². The first kappa shape index (κ1) is 10.5. The van der Waals surface area contributed by atoms with Crippen molar-refractivity contribution in [2.75, 3.05) is 13.2 Å². The molecule has 2 rings (SSSR count).